The summed E-state index contributed by atoms with van der Waals surface area (Å²) in [7, 11) is 0. The zero-order valence-electron chi connectivity index (χ0n) is 9.92. The maximum Gasteiger partial charge on any atom is 0.305 e. The van der Waals surface area contributed by atoms with Gasteiger partial charge in [0.2, 0.25) is 11.0 Å². The molecule has 0 aromatic carbocycles. The number of hydrogen-bond donors (Lipinski definition) is 2. The van der Waals surface area contributed by atoms with Gasteiger partial charge in [0.25, 0.3) is 0 Å². The molecule has 7 nitrogen and oxygen atoms in total. The standard InChI is InChI=1S/C10H14N4O3S/c1-2-7-12-10(18-13-7)14-4-3-11-9(17)6(14)5-8(15)16/h6H,2-5H2,1H3,(H,11,17)(H,15,16). The van der Waals surface area contributed by atoms with Gasteiger partial charge >= 0.3 is 5.97 Å². The Kier molecular flexibility index (Phi) is 3.75. The first-order valence-corrected chi connectivity index (χ1v) is 6.48. The molecule has 2 heterocycles. The lowest BCUT2D eigenvalue weighted by Gasteiger charge is -2.33. The molecular weight excluding hydrogens is 256 g/mol. The fraction of sp³-hybridized carbons (Fsp3) is 0.600. The molecule has 1 fully saturated rings. The molecule has 8 heteroatoms. The highest BCUT2D eigenvalue weighted by atomic mass is 32.1. The van der Waals surface area contributed by atoms with E-state index >= 15 is 0 Å². The zero-order valence-corrected chi connectivity index (χ0v) is 10.7. The molecule has 1 amide bonds. The average Bonchev–Trinajstić information content (AvgIpc) is 2.80. The van der Waals surface area contributed by atoms with Crippen molar-refractivity contribution in [3.8, 4) is 0 Å². The van der Waals surface area contributed by atoms with Crippen molar-refractivity contribution in [1.29, 1.82) is 0 Å². The van der Waals surface area contributed by atoms with E-state index < -0.39 is 12.0 Å². The first-order chi connectivity index (χ1) is 8.61. The van der Waals surface area contributed by atoms with Crippen molar-refractivity contribution in [2.24, 2.45) is 0 Å². The summed E-state index contributed by atoms with van der Waals surface area (Å²) in [6.45, 7) is 3.00. The van der Waals surface area contributed by atoms with Crippen LogP contribution in [0.4, 0.5) is 5.13 Å². The quantitative estimate of drug-likeness (QED) is 0.792. The van der Waals surface area contributed by atoms with Crippen molar-refractivity contribution in [3.63, 3.8) is 0 Å². The average molecular weight is 270 g/mol. The molecule has 1 aliphatic heterocycles. The van der Waals surface area contributed by atoms with Gasteiger partial charge in [0.05, 0.1) is 6.42 Å². The van der Waals surface area contributed by atoms with Gasteiger partial charge in [0, 0.05) is 31.0 Å². The molecule has 0 aliphatic carbocycles. The topological polar surface area (TPSA) is 95.4 Å². The van der Waals surface area contributed by atoms with Gasteiger partial charge in [0.15, 0.2) is 0 Å². The summed E-state index contributed by atoms with van der Waals surface area (Å²) in [4.78, 5) is 28.6. The highest BCUT2D eigenvalue weighted by Crippen LogP contribution is 2.22. The fourth-order valence-electron chi connectivity index (χ4n) is 1.82. The molecule has 1 atom stereocenters. The van der Waals surface area contributed by atoms with E-state index in [1.54, 1.807) is 4.90 Å². The molecule has 0 bridgehead atoms. The summed E-state index contributed by atoms with van der Waals surface area (Å²) >= 11 is 1.21. The third-order valence-electron chi connectivity index (χ3n) is 2.72. The third-order valence-corrected chi connectivity index (χ3v) is 3.51. The number of carbonyl (C=O) groups is 2. The Hall–Kier alpha value is -1.70. The minimum atomic E-state index is -0.998. The van der Waals surface area contributed by atoms with Crippen molar-refractivity contribution in [3.05, 3.63) is 5.82 Å². The van der Waals surface area contributed by atoms with Crippen molar-refractivity contribution >= 4 is 28.5 Å². The third kappa shape index (κ3) is 2.58. The predicted octanol–water partition coefficient (Wildman–Crippen LogP) is -0.120. The summed E-state index contributed by atoms with van der Waals surface area (Å²) in [5, 5.41) is 12.1. The van der Waals surface area contributed by atoms with Crippen LogP contribution in [0.5, 0.6) is 0 Å². The molecule has 2 N–H and O–H groups in total. The number of aliphatic carboxylic acids is 1. The van der Waals surface area contributed by atoms with E-state index in [1.807, 2.05) is 6.92 Å². The Labute approximate surface area is 108 Å². The van der Waals surface area contributed by atoms with Crippen LogP contribution in [0.3, 0.4) is 0 Å². The fourth-order valence-corrected chi connectivity index (χ4v) is 2.64. The lowest BCUT2D eigenvalue weighted by molar-refractivity contribution is -0.139. The van der Waals surface area contributed by atoms with Gasteiger partial charge < -0.3 is 15.3 Å². The number of nitrogens with zero attached hydrogens (tertiary/aromatic N) is 3. The molecule has 2 rings (SSSR count). The van der Waals surface area contributed by atoms with Crippen LogP contribution in [0.15, 0.2) is 0 Å². The highest BCUT2D eigenvalue weighted by Gasteiger charge is 2.33. The van der Waals surface area contributed by atoms with Crippen LogP contribution < -0.4 is 10.2 Å². The van der Waals surface area contributed by atoms with Gasteiger partial charge in [-0.05, 0) is 0 Å². The Balaban J connectivity index is 2.21. The lowest BCUT2D eigenvalue weighted by Crippen LogP contribution is -2.56. The molecule has 1 unspecified atom stereocenters. The summed E-state index contributed by atoms with van der Waals surface area (Å²) in [6, 6.07) is -0.700. The number of amides is 1. The summed E-state index contributed by atoms with van der Waals surface area (Å²) in [5.74, 6) is -0.547. The molecule has 1 aromatic heterocycles. The molecule has 0 saturated carbocycles. The van der Waals surface area contributed by atoms with Gasteiger partial charge in [-0.25, -0.2) is 4.98 Å². The largest absolute Gasteiger partial charge is 0.481 e. The number of carboxylic acids is 1. The van der Waals surface area contributed by atoms with E-state index in [2.05, 4.69) is 14.7 Å². The summed E-state index contributed by atoms with van der Waals surface area (Å²) < 4.78 is 4.16. The second-order valence-corrected chi connectivity index (χ2v) is 4.68. The van der Waals surface area contributed by atoms with Crippen LogP contribution in [0.2, 0.25) is 0 Å². The number of carboxylic acid groups (broad SMARTS) is 1. The molecule has 18 heavy (non-hydrogen) atoms. The van der Waals surface area contributed by atoms with E-state index in [0.717, 1.165) is 12.2 Å². The zero-order chi connectivity index (χ0) is 13.1. The Morgan fingerprint density at radius 3 is 3.06 bits per heavy atom. The van der Waals surface area contributed by atoms with Crippen LogP contribution in [0, 0.1) is 0 Å². The van der Waals surface area contributed by atoms with Gasteiger partial charge in [-0.1, -0.05) is 6.92 Å². The van der Waals surface area contributed by atoms with E-state index in [9.17, 15) is 9.59 Å². The number of piperazine rings is 1. The van der Waals surface area contributed by atoms with Crippen molar-refractivity contribution in [2.75, 3.05) is 18.0 Å². The predicted molar refractivity (Wildman–Crippen MR) is 65.7 cm³/mol. The SMILES string of the molecule is CCc1nsc(N2CCNC(=O)C2CC(=O)O)n1. The van der Waals surface area contributed by atoms with Crippen molar-refractivity contribution < 1.29 is 14.7 Å². The maximum atomic E-state index is 11.7. The number of nitrogens with one attached hydrogen (secondary N) is 1. The Morgan fingerprint density at radius 1 is 1.67 bits per heavy atom. The van der Waals surface area contributed by atoms with Crippen molar-refractivity contribution in [1.82, 2.24) is 14.7 Å². The van der Waals surface area contributed by atoms with E-state index in [1.165, 1.54) is 11.5 Å². The number of carbonyl (C=O) groups excluding carboxylic acids is 1. The van der Waals surface area contributed by atoms with E-state index in [4.69, 9.17) is 5.11 Å². The van der Waals surface area contributed by atoms with Crippen LogP contribution in [0.1, 0.15) is 19.2 Å². The molecular formula is C10H14N4O3S. The Morgan fingerprint density at radius 2 is 2.44 bits per heavy atom. The smallest absolute Gasteiger partial charge is 0.305 e. The van der Waals surface area contributed by atoms with E-state index in [0.29, 0.717) is 18.2 Å². The number of aromatic nitrogens is 2. The van der Waals surface area contributed by atoms with Crippen LogP contribution >= 0.6 is 11.5 Å². The second kappa shape index (κ2) is 5.30. The maximum absolute atomic E-state index is 11.7. The molecule has 0 radical (unpaired) electrons. The number of aryl methyl sites for hydroxylation is 1. The second-order valence-electron chi connectivity index (χ2n) is 3.94. The van der Waals surface area contributed by atoms with Crippen LogP contribution in [0.25, 0.3) is 0 Å². The first kappa shape index (κ1) is 12.7. The molecule has 1 aromatic rings. The lowest BCUT2D eigenvalue weighted by atomic mass is 10.1. The van der Waals surface area contributed by atoms with E-state index in [-0.39, 0.29) is 12.3 Å². The Bertz CT molecular complexity index is 462. The minimum absolute atomic E-state index is 0.229. The molecule has 98 valence electrons. The highest BCUT2D eigenvalue weighted by molar-refractivity contribution is 7.09. The monoisotopic (exact) mass is 270 g/mol. The molecule has 1 saturated heterocycles. The molecule has 1 aliphatic rings. The first-order valence-electron chi connectivity index (χ1n) is 5.70. The van der Waals surface area contributed by atoms with Crippen LogP contribution in [-0.2, 0) is 16.0 Å². The van der Waals surface area contributed by atoms with Crippen LogP contribution in [-0.4, -0.2) is 45.5 Å². The van der Waals surface area contributed by atoms with Gasteiger partial charge in [0.1, 0.15) is 11.9 Å². The van der Waals surface area contributed by atoms with Gasteiger partial charge in [-0.2, -0.15) is 4.37 Å². The van der Waals surface area contributed by atoms with Crippen molar-refractivity contribution in [2.45, 2.75) is 25.8 Å². The summed E-state index contributed by atoms with van der Waals surface area (Å²) in [5.41, 5.74) is 0. The minimum Gasteiger partial charge on any atom is -0.481 e. The normalized spacial score (nSPS) is 19.7. The summed E-state index contributed by atoms with van der Waals surface area (Å²) in [6.07, 6.45) is 0.493. The van der Waals surface area contributed by atoms with Gasteiger partial charge in [-0.3, -0.25) is 9.59 Å². The number of rotatable bonds is 4. The number of hydrogen-bond acceptors (Lipinski definition) is 6. The van der Waals surface area contributed by atoms with Gasteiger partial charge in [-0.15, -0.1) is 0 Å². The number of anilines is 1. The molecule has 0 spiro atoms.